The fourth-order valence-electron chi connectivity index (χ4n) is 4.11. The number of amides is 2. The van der Waals surface area contributed by atoms with Crippen LogP contribution in [0.4, 0.5) is 0 Å². The third-order valence-electron chi connectivity index (χ3n) is 5.90. The molecule has 0 saturated heterocycles. The molecule has 0 radical (unpaired) electrons. The van der Waals surface area contributed by atoms with E-state index in [-0.39, 0.29) is 23.8 Å². The van der Waals surface area contributed by atoms with Gasteiger partial charge in [-0.25, -0.2) is 0 Å². The first kappa shape index (κ1) is 22.2. The third kappa shape index (κ3) is 3.97. The molecule has 0 bridgehead atoms. The Morgan fingerprint density at radius 3 is 2.17 bits per heavy atom. The normalized spacial score (nSPS) is 13.0. The fourth-order valence-corrected chi connectivity index (χ4v) is 4.11. The predicted octanol–water partition coefficient (Wildman–Crippen LogP) is 4.79. The Hall–Kier alpha value is -4.65. The van der Waals surface area contributed by atoms with E-state index in [2.05, 4.69) is 0 Å². The average molecular weight is 467 g/mol. The smallest absolute Gasteiger partial charge is 0.261 e. The zero-order valence-corrected chi connectivity index (χ0v) is 19.1. The van der Waals surface area contributed by atoms with Crippen LogP contribution in [0.5, 0.6) is 11.5 Å². The first-order valence-corrected chi connectivity index (χ1v) is 10.9. The average Bonchev–Trinajstić information content (AvgIpc) is 3.13. The summed E-state index contributed by atoms with van der Waals surface area (Å²) in [6.45, 7) is 0.178. The largest absolute Gasteiger partial charge is 0.496 e. The topological polar surface area (TPSA) is 86.0 Å². The van der Waals surface area contributed by atoms with Crippen molar-refractivity contribution in [2.75, 3.05) is 20.8 Å². The van der Waals surface area contributed by atoms with Crippen LogP contribution in [0.3, 0.4) is 0 Å². The number of fused-ring (bicyclic) bond motifs is 2. The highest BCUT2D eigenvalue weighted by Gasteiger charge is 2.34. The number of imide groups is 1. The number of methoxy groups -OCH3 is 2. The van der Waals surface area contributed by atoms with Gasteiger partial charge in [-0.1, -0.05) is 48.6 Å². The molecule has 0 aliphatic carbocycles. The van der Waals surface area contributed by atoms with Crippen molar-refractivity contribution in [3.05, 3.63) is 99.7 Å². The second kappa shape index (κ2) is 8.95. The molecule has 0 unspecified atom stereocenters. The van der Waals surface area contributed by atoms with E-state index in [1.807, 2.05) is 30.3 Å². The third-order valence-corrected chi connectivity index (χ3v) is 5.90. The first-order chi connectivity index (χ1) is 17.0. The number of nitrogens with zero attached hydrogens (tertiary/aromatic N) is 1. The molecular formula is C28H21NO6. The number of carbonyl (C=O) groups excluding carboxylic acids is 2. The van der Waals surface area contributed by atoms with Gasteiger partial charge in [0.15, 0.2) is 5.43 Å². The van der Waals surface area contributed by atoms with Gasteiger partial charge >= 0.3 is 0 Å². The second-order valence-corrected chi connectivity index (χ2v) is 7.97. The van der Waals surface area contributed by atoms with E-state index in [9.17, 15) is 14.4 Å². The number of benzene rings is 3. The molecule has 7 nitrogen and oxygen atoms in total. The molecular weight excluding hydrogens is 446 g/mol. The lowest BCUT2D eigenvalue weighted by Crippen LogP contribution is -2.29. The first-order valence-electron chi connectivity index (χ1n) is 10.9. The molecule has 35 heavy (non-hydrogen) atoms. The Kier molecular flexibility index (Phi) is 5.66. The molecule has 5 rings (SSSR count). The molecule has 7 heteroatoms. The predicted molar refractivity (Wildman–Crippen MR) is 132 cm³/mol. The van der Waals surface area contributed by atoms with E-state index in [1.54, 1.807) is 42.5 Å². The van der Waals surface area contributed by atoms with Crippen LogP contribution >= 0.6 is 0 Å². The van der Waals surface area contributed by atoms with E-state index < -0.39 is 0 Å². The highest BCUT2D eigenvalue weighted by molar-refractivity contribution is 6.21. The number of hydrogen-bond acceptors (Lipinski definition) is 6. The lowest BCUT2D eigenvalue weighted by molar-refractivity contribution is 0.0672. The summed E-state index contributed by atoms with van der Waals surface area (Å²) in [7, 11) is 3.02. The Morgan fingerprint density at radius 2 is 1.54 bits per heavy atom. The number of ether oxygens (including phenoxy) is 2. The molecule has 1 aliphatic heterocycles. The van der Waals surface area contributed by atoms with Gasteiger partial charge in [-0.3, -0.25) is 19.3 Å². The van der Waals surface area contributed by atoms with Crippen LogP contribution in [0, 0.1) is 0 Å². The van der Waals surface area contributed by atoms with Gasteiger partial charge < -0.3 is 13.9 Å². The molecule has 1 aromatic heterocycles. The Morgan fingerprint density at radius 1 is 0.857 bits per heavy atom. The minimum atomic E-state index is -0.287. The molecule has 0 atom stereocenters. The van der Waals surface area contributed by atoms with Crippen LogP contribution in [0.1, 0.15) is 26.3 Å². The zero-order chi connectivity index (χ0) is 24.5. The highest BCUT2D eigenvalue weighted by Crippen LogP contribution is 2.31. The quantitative estimate of drug-likeness (QED) is 0.379. The van der Waals surface area contributed by atoms with Crippen molar-refractivity contribution in [1.82, 2.24) is 4.90 Å². The summed E-state index contributed by atoms with van der Waals surface area (Å²) in [6, 6.07) is 18.9. The summed E-state index contributed by atoms with van der Waals surface area (Å²) in [5.41, 5.74) is 2.61. The number of rotatable bonds is 6. The Labute approximate surface area is 200 Å². The van der Waals surface area contributed by atoms with Gasteiger partial charge in [0.2, 0.25) is 0 Å². The summed E-state index contributed by atoms with van der Waals surface area (Å²) in [5.74, 6) is 0.751. The van der Waals surface area contributed by atoms with E-state index in [0.29, 0.717) is 39.4 Å². The van der Waals surface area contributed by atoms with E-state index in [4.69, 9.17) is 13.9 Å². The molecule has 2 heterocycles. The fraction of sp³-hybridized carbons (Fsp3) is 0.107. The molecule has 0 fully saturated rings. The van der Waals surface area contributed by atoms with Gasteiger partial charge in [0.05, 0.1) is 25.3 Å². The van der Waals surface area contributed by atoms with Crippen LogP contribution in [0.25, 0.3) is 28.4 Å². The maximum atomic E-state index is 12.8. The maximum Gasteiger partial charge on any atom is 0.261 e. The molecule has 3 aromatic carbocycles. The minimum absolute atomic E-state index is 0.178. The SMILES string of the molecule is COc1cc(OC)c2c(=O)cc(-c3ccc(/C=C/CN4C(=O)c5ccccc5C4=O)cc3)oc2c1. The molecule has 0 spiro atoms. The van der Waals surface area contributed by atoms with Gasteiger partial charge in [0.25, 0.3) is 11.8 Å². The van der Waals surface area contributed by atoms with E-state index >= 15 is 0 Å². The van der Waals surface area contributed by atoms with Crippen molar-refractivity contribution in [2.24, 2.45) is 0 Å². The standard InChI is InChI=1S/C28H21NO6/c1-33-19-14-24(34-2)26-22(30)16-23(35-25(26)15-19)18-11-9-17(10-12-18)6-5-13-29-27(31)20-7-3-4-8-21(20)28(29)32/h3-12,14-16H,13H2,1-2H3/b6-5+. The van der Waals surface area contributed by atoms with Crippen LogP contribution in [-0.2, 0) is 0 Å². The molecule has 1 aliphatic rings. The van der Waals surface area contributed by atoms with Crippen molar-refractivity contribution in [1.29, 1.82) is 0 Å². The van der Waals surface area contributed by atoms with Gasteiger partial charge in [0.1, 0.15) is 28.2 Å². The van der Waals surface area contributed by atoms with Crippen molar-refractivity contribution >= 4 is 28.9 Å². The summed E-state index contributed by atoms with van der Waals surface area (Å²) >= 11 is 0. The van der Waals surface area contributed by atoms with Crippen LogP contribution in [-0.4, -0.2) is 37.5 Å². The minimum Gasteiger partial charge on any atom is -0.496 e. The van der Waals surface area contributed by atoms with Crippen molar-refractivity contribution in [2.45, 2.75) is 0 Å². The van der Waals surface area contributed by atoms with Crippen molar-refractivity contribution in [3.63, 3.8) is 0 Å². The highest BCUT2D eigenvalue weighted by atomic mass is 16.5. The zero-order valence-electron chi connectivity index (χ0n) is 19.1. The monoisotopic (exact) mass is 467 g/mol. The number of carbonyl (C=O) groups is 2. The van der Waals surface area contributed by atoms with Gasteiger partial charge in [-0.05, 0) is 17.7 Å². The van der Waals surface area contributed by atoms with Crippen LogP contribution in [0.2, 0.25) is 0 Å². The molecule has 2 amide bonds. The van der Waals surface area contributed by atoms with E-state index in [1.165, 1.54) is 25.2 Å². The van der Waals surface area contributed by atoms with Crippen molar-refractivity contribution in [3.8, 4) is 22.8 Å². The lowest BCUT2D eigenvalue weighted by Gasteiger charge is -2.10. The summed E-state index contributed by atoms with van der Waals surface area (Å²) in [6.07, 6.45) is 3.60. The van der Waals surface area contributed by atoms with Crippen LogP contribution < -0.4 is 14.9 Å². The Balaban J connectivity index is 1.36. The molecule has 174 valence electrons. The summed E-state index contributed by atoms with van der Waals surface area (Å²) < 4.78 is 16.6. The van der Waals surface area contributed by atoms with Crippen LogP contribution in [0.15, 0.2) is 82.0 Å². The molecule has 0 N–H and O–H groups in total. The maximum absolute atomic E-state index is 12.8. The molecule has 0 saturated carbocycles. The summed E-state index contributed by atoms with van der Waals surface area (Å²) in [5, 5.41) is 0.352. The van der Waals surface area contributed by atoms with Gasteiger partial charge in [-0.15, -0.1) is 0 Å². The number of hydrogen-bond donors (Lipinski definition) is 0. The summed E-state index contributed by atoms with van der Waals surface area (Å²) in [4.78, 5) is 38.9. The van der Waals surface area contributed by atoms with Gasteiger partial charge in [-0.2, -0.15) is 0 Å². The van der Waals surface area contributed by atoms with Crippen molar-refractivity contribution < 1.29 is 23.5 Å². The Bertz CT molecular complexity index is 1510. The second-order valence-electron chi connectivity index (χ2n) is 7.97. The van der Waals surface area contributed by atoms with Gasteiger partial charge in [0, 0.05) is 30.3 Å². The molecule has 4 aromatic rings. The lowest BCUT2D eigenvalue weighted by atomic mass is 10.1. The van der Waals surface area contributed by atoms with E-state index in [0.717, 1.165) is 11.1 Å².